The van der Waals surface area contributed by atoms with Gasteiger partial charge in [-0.15, -0.1) is 27.8 Å². The molecule has 0 saturated heterocycles. The third kappa shape index (κ3) is 2.40. The number of aryl methyl sites for hydroxylation is 1. The zero-order valence-electron chi connectivity index (χ0n) is 14.1. The van der Waals surface area contributed by atoms with Crippen LogP contribution in [0.1, 0.15) is 39.4 Å². The van der Waals surface area contributed by atoms with Crippen molar-refractivity contribution in [3.8, 4) is 0 Å². The van der Waals surface area contributed by atoms with Crippen LogP contribution in [0.15, 0.2) is 40.9 Å². The normalized spacial score (nSPS) is 22.1. The largest absolute Gasteiger partial charge is 0.366 e. The third-order valence-corrected chi connectivity index (χ3v) is 7.00. The molecule has 1 aliphatic heterocycles. The number of hydrogen-bond donors (Lipinski definition) is 2. The fourth-order valence-electron chi connectivity index (χ4n) is 3.82. The number of allylic oxidation sites excluding steroid dienone is 2. The Hall–Kier alpha value is -2.45. The van der Waals surface area contributed by atoms with Gasteiger partial charge in [0, 0.05) is 38.2 Å². The van der Waals surface area contributed by atoms with Crippen molar-refractivity contribution in [3.63, 3.8) is 0 Å². The van der Waals surface area contributed by atoms with E-state index in [9.17, 15) is 4.79 Å². The number of thiophene rings is 2. The first-order valence-corrected chi connectivity index (χ1v) is 10.1. The second-order valence-corrected chi connectivity index (χ2v) is 8.95. The highest BCUT2D eigenvalue weighted by Gasteiger charge is 2.40. The van der Waals surface area contributed by atoms with Crippen LogP contribution < -0.4 is 11.1 Å². The zero-order valence-corrected chi connectivity index (χ0v) is 15.7. The van der Waals surface area contributed by atoms with Crippen LogP contribution in [0.25, 0.3) is 0 Å². The quantitative estimate of drug-likeness (QED) is 0.705. The van der Waals surface area contributed by atoms with E-state index >= 15 is 0 Å². The number of nitrogens with zero attached hydrogens (tertiary/aromatic N) is 3. The highest BCUT2D eigenvalue weighted by Crippen LogP contribution is 2.45. The lowest BCUT2D eigenvalue weighted by molar-refractivity contribution is -0.116. The number of aromatic nitrogens is 3. The number of hydrogen-bond acceptors (Lipinski definition) is 7. The number of ketones is 1. The minimum absolute atomic E-state index is 0.174. The molecule has 132 valence electrons. The Morgan fingerprint density at radius 1 is 1.27 bits per heavy atom. The molecule has 0 spiro atoms. The summed E-state index contributed by atoms with van der Waals surface area (Å²) in [5.74, 6) is 1.21. The van der Waals surface area contributed by atoms with E-state index in [0.717, 1.165) is 22.6 Å². The monoisotopic (exact) mass is 383 g/mol. The maximum absolute atomic E-state index is 13.2. The van der Waals surface area contributed by atoms with Crippen molar-refractivity contribution in [3.05, 3.63) is 55.5 Å². The second-order valence-electron chi connectivity index (χ2n) is 6.65. The Kier molecular flexibility index (Phi) is 3.51. The summed E-state index contributed by atoms with van der Waals surface area (Å²) in [4.78, 5) is 21.0. The molecule has 6 nitrogen and oxygen atoms in total. The van der Waals surface area contributed by atoms with E-state index in [0.29, 0.717) is 12.4 Å². The van der Waals surface area contributed by atoms with Crippen molar-refractivity contribution < 1.29 is 4.79 Å². The maximum Gasteiger partial charge on any atom is 0.241 e. The highest BCUT2D eigenvalue weighted by atomic mass is 32.1. The predicted octanol–water partition coefficient (Wildman–Crippen LogP) is 3.71. The smallest absolute Gasteiger partial charge is 0.241 e. The molecule has 0 amide bonds. The summed E-state index contributed by atoms with van der Waals surface area (Å²) in [5, 5.41) is 9.74. The SMILES string of the molecule is Cc1ccc([C@@H]2C3=C(C[C@H](c4cccs4)CC3=O)Nc3nc(N)nn32)s1. The minimum Gasteiger partial charge on any atom is -0.366 e. The van der Waals surface area contributed by atoms with Crippen LogP contribution in [0.3, 0.4) is 0 Å². The number of rotatable bonds is 2. The number of nitrogens with one attached hydrogen (secondary N) is 1. The molecule has 1 aliphatic carbocycles. The van der Waals surface area contributed by atoms with E-state index in [2.05, 4.69) is 45.9 Å². The molecular formula is C18H17N5OS2. The van der Waals surface area contributed by atoms with Gasteiger partial charge in [-0.25, -0.2) is 4.68 Å². The lowest BCUT2D eigenvalue weighted by Crippen LogP contribution is -2.33. The molecule has 26 heavy (non-hydrogen) atoms. The van der Waals surface area contributed by atoms with Crippen LogP contribution in [0, 0.1) is 6.92 Å². The van der Waals surface area contributed by atoms with Gasteiger partial charge in [0.05, 0.1) is 0 Å². The van der Waals surface area contributed by atoms with E-state index < -0.39 is 0 Å². The molecule has 3 aromatic rings. The lowest BCUT2D eigenvalue weighted by Gasteiger charge is -2.34. The second kappa shape index (κ2) is 5.78. The molecule has 8 heteroatoms. The molecule has 2 aliphatic rings. The summed E-state index contributed by atoms with van der Waals surface area (Å²) in [6.45, 7) is 2.07. The Morgan fingerprint density at radius 2 is 2.15 bits per heavy atom. The van der Waals surface area contributed by atoms with Crippen molar-refractivity contribution in [1.29, 1.82) is 0 Å². The Balaban J connectivity index is 1.63. The van der Waals surface area contributed by atoms with Crippen LogP contribution in [-0.2, 0) is 4.79 Å². The molecule has 3 aromatic heterocycles. The summed E-state index contributed by atoms with van der Waals surface area (Å²) in [5.41, 5.74) is 7.61. The summed E-state index contributed by atoms with van der Waals surface area (Å²) in [6, 6.07) is 8.04. The lowest BCUT2D eigenvalue weighted by atomic mass is 9.81. The van der Waals surface area contributed by atoms with Crippen LogP contribution in [-0.4, -0.2) is 20.5 Å². The van der Waals surface area contributed by atoms with Gasteiger partial charge >= 0.3 is 0 Å². The number of carbonyl (C=O) groups excluding carboxylic acids is 1. The van der Waals surface area contributed by atoms with Gasteiger partial charge < -0.3 is 11.1 Å². The Morgan fingerprint density at radius 3 is 2.88 bits per heavy atom. The van der Waals surface area contributed by atoms with Gasteiger partial charge in [-0.3, -0.25) is 4.79 Å². The van der Waals surface area contributed by atoms with Gasteiger partial charge in [-0.05, 0) is 36.9 Å². The van der Waals surface area contributed by atoms with Gasteiger partial charge in [0.15, 0.2) is 5.78 Å². The van der Waals surface area contributed by atoms with Crippen molar-refractivity contribution >= 4 is 40.4 Å². The first-order chi connectivity index (χ1) is 12.6. The first kappa shape index (κ1) is 15.8. The Labute approximate surface area is 158 Å². The van der Waals surface area contributed by atoms with Gasteiger partial charge in [-0.1, -0.05) is 6.07 Å². The molecule has 5 rings (SSSR count). The number of Topliss-reactive ketones (excluding diaryl/α,β-unsaturated/α-hetero) is 1. The van der Waals surface area contributed by atoms with Gasteiger partial charge in [-0.2, -0.15) is 4.98 Å². The van der Waals surface area contributed by atoms with E-state index in [1.165, 1.54) is 9.75 Å². The number of fused-ring (bicyclic) bond motifs is 1. The van der Waals surface area contributed by atoms with E-state index in [-0.39, 0.29) is 23.7 Å². The summed E-state index contributed by atoms with van der Waals surface area (Å²) in [7, 11) is 0. The van der Waals surface area contributed by atoms with E-state index in [4.69, 9.17) is 5.73 Å². The number of nitrogen functional groups attached to an aromatic ring is 1. The van der Waals surface area contributed by atoms with Gasteiger partial charge in [0.25, 0.3) is 0 Å². The minimum atomic E-state index is -0.249. The van der Waals surface area contributed by atoms with Gasteiger partial charge in [0.1, 0.15) is 6.04 Å². The molecule has 0 unspecified atom stereocenters. The Bertz CT molecular complexity index is 1030. The van der Waals surface area contributed by atoms with Crippen molar-refractivity contribution in [2.75, 3.05) is 11.1 Å². The molecule has 4 heterocycles. The average Bonchev–Trinajstić information content (AvgIpc) is 3.32. The maximum atomic E-state index is 13.2. The van der Waals surface area contributed by atoms with Crippen molar-refractivity contribution in [2.45, 2.75) is 31.7 Å². The van der Waals surface area contributed by atoms with E-state index in [1.807, 2.05) is 6.07 Å². The van der Waals surface area contributed by atoms with E-state index in [1.54, 1.807) is 27.4 Å². The molecule has 0 saturated carbocycles. The zero-order chi connectivity index (χ0) is 17.8. The fraction of sp³-hybridized carbons (Fsp3) is 0.278. The van der Waals surface area contributed by atoms with Crippen molar-refractivity contribution in [2.24, 2.45) is 0 Å². The average molecular weight is 384 g/mol. The molecule has 0 aromatic carbocycles. The summed E-state index contributed by atoms with van der Waals surface area (Å²) >= 11 is 3.39. The molecule has 2 atom stereocenters. The predicted molar refractivity (Wildman–Crippen MR) is 104 cm³/mol. The number of carbonyl (C=O) groups is 1. The van der Waals surface area contributed by atoms with Crippen molar-refractivity contribution in [1.82, 2.24) is 14.8 Å². The summed E-state index contributed by atoms with van der Waals surface area (Å²) in [6.07, 6.45) is 1.33. The van der Waals surface area contributed by atoms with Crippen LogP contribution in [0.2, 0.25) is 0 Å². The highest BCUT2D eigenvalue weighted by molar-refractivity contribution is 7.12. The third-order valence-electron chi connectivity index (χ3n) is 4.91. The molecule has 3 N–H and O–H groups in total. The topological polar surface area (TPSA) is 85.8 Å². The number of anilines is 2. The molecular weight excluding hydrogens is 366 g/mol. The molecule has 0 fully saturated rings. The molecule has 0 bridgehead atoms. The standard InChI is InChI=1S/C18H17N5OS2/c1-9-4-5-14(26-9)16-15-11(20-18-21-17(19)22-23(16)18)7-10(8-12(15)24)13-3-2-6-25-13/h2-6,10,16H,7-8H2,1H3,(H3,19,20,21,22)/t10-,16+/m0/s1. The first-order valence-electron chi connectivity index (χ1n) is 8.45. The van der Waals surface area contributed by atoms with Crippen LogP contribution in [0.5, 0.6) is 0 Å². The number of nitrogens with two attached hydrogens (primary N) is 1. The fourth-order valence-corrected chi connectivity index (χ4v) is 5.62. The van der Waals surface area contributed by atoms with Crippen LogP contribution >= 0.6 is 22.7 Å². The summed E-state index contributed by atoms with van der Waals surface area (Å²) < 4.78 is 1.75. The molecule has 0 radical (unpaired) electrons. The van der Waals surface area contributed by atoms with Gasteiger partial charge in [0.2, 0.25) is 11.9 Å². The van der Waals surface area contributed by atoms with Crippen LogP contribution in [0.4, 0.5) is 11.9 Å².